The Hall–Kier alpha value is -1.88. The maximum Gasteiger partial charge on any atom is 0.248 e. The van der Waals surface area contributed by atoms with Gasteiger partial charge in [0.25, 0.3) is 0 Å². The highest BCUT2D eigenvalue weighted by Crippen LogP contribution is 2.49. The molecule has 3 unspecified atom stereocenters. The molecule has 0 radical (unpaired) electrons. The Labute approximate surface area is 230 Å². The van der Waals surface area contributed by atoms with Crippen LogP contribution >= 0.6 is 0 Å². The van der Waals surface area contributed by atoms with Crippen molar-refractivity contribution >= 4 is 0 Å². The molecule has 0 amide bonds. The molecule has 3 aliphatic rings. The Morgan fingerprint density at radius 1 is 0.897 bits per heavy atom. The molecule has 5 N–H and O–H groups in total. The summed E-state index contributed by atoms with van der Waals surface area (Å²) in [7, 11) is 1.70. The van der Waals surface area contributed by atoms with Crippen LogP contribution in [0.4, 0.5) is 0 Å². The lowest BCUT2D eigenvalue weighted by atomic mass is 9.73. The first-order valence-electron chi connectivity index (χ1n) is 14.3. The fourth-order valence-electron chi connectivity index (χ4n) is 6.77. The Morgan fingerprint density at radius 2 is 1.56 bits per heavy atom. The second kappa shape index (κ2) is 11.5. The minimum absolute atomic E-state index is 0.170. The fraction of sp³-hybridized carbons (Fsp3) is 0.613. The van der Waals surface area contributed by atoms with Crippen LogP contribution in [0.2, 0.25) is 0 Å². The molecule has 1 aliphatic carbocycles. The normalized spacial score (nSPS) is 40.1. The zero-order chi connectivity index (χ0) is 27.8. The first-order chi connectivity index (χ1) is 18.7. The molecule has 0 aromatic heterocycles. The molecule has 3 fully saturated rings. The van der Waals surface area contributed by atoms with E-state index in [-0.39, 0.29) is 18.9 Å². The Bertz CT molecular complexity index is 1080. The monoisotopic (exact) mass is 541 g/mol. The van der Waals surface area contributed by atoms with E-state index in [1.807, 2.05) is 32.0 Å². The van der Waals surface area contributed by atoms with Crippen molar-refractivity contribution in [3.63, 3.8) is 0 Å². The van der Waals surface area contributed by atoms with Crippen LogP contribution < -0.4 is 5.32 Å². The highest BCUT2D eigenvalue weighted by atomic mass is 16.8. The largest absolute Gasteiger partial charge is 0.391 e. The van der Waals surface area contributed by atoms with Gasteiger partial charge >= 0.3 is 0 Å². The van der Waals surface area contributed by atoms with Crippen molar-refractivity contribution in [3.05, 3.63) is 71.3 Å². The van der Waals surface area contributed by atoms with Gasteiger partial charge in [-0.3, -0.25) is 0 Å². The zero-order valence-corrected chi connectivity index (χ0v) is 23.1. The number of ether oxygens (including phenoxy) is 3. The van der Waals surface area contributed by atoms with E-state index in [1.54, 1.807) is 7.05 Å². The van der Waals surface area contributed by atoms with E-state index >= 15 is 0 Å². The minimum Gasteiger partial charge on any atom is -0.391 e. The number of rotatable bonds is 8. The van der Waals surface area contributed by atoms with Crippen LogP contribution in [-0.4, -0.2) is 81.7 Å². The second-order valence-electron chi connectivity index (χ2n) is 11.6. The van der Waals surface area contributed by atoms with Crippen molar-refractivity contribution in [2.75, 3.05) is 7.05 Å². The van der Waals surface area contributed by atoms with Gasteiger partial charge in [0, 0.05) is 12.3 Å². The van der Waals surface area contributed by atoms with E-state index in [0.717, 1.165) is 18.4 Å². The van der Waals surface area contributed by atoms with Crippen LogP contribution in [0.5, 0.6) is 0 Å². The molecule has 5 rings (SSSR count). The third-order valence-electron chi connectivity index (χ3n) is 8.96. The van der Waals surface area contributed by atoms with Crippen LogP contribution in [0.1, 0.15) is 56.2 Å². The lowest BCUT2D eigenvalue weighted by molar-refractivity contribution is -0.485. The zero-order valence-electron chi connectivity index (χ0n) is 23.1. The molecule has 0 spiro atoms. The molecule has 10 atom stereocenters. The van der Waals surface area contributed by atoms with Gasteiger partial charge in [-0.25, -0.2) is 0 Å². The number of nitrogens with one attached hydrogen (secondary N) is 1. The van der Waals surface area contributed by atoms with Gasteiger partial charge in [-0.05, 0) is 62.8 Å². The molecular formula is C31H43NO7. The van der Waals surface area contributed by atoms with Gasteiger partial charge in [-0.1, -0.05) is 61.5 Å². The summed E-state index contributed by atoms with van der Waals surface area (Å²) in [5.41, 5.74) is 2.02. The lowest BCUT2D eigenvalue weighted by Gasteiger charge is -2.60. The van der Waals surface area contributed by atoms with Gasteiger partial charge in [-0.2, -0.15) is 0 Å². The van der Waals surface area contributed by atoms with Gasteiger partial charge in [-0.15, -0.1) is 0 Å². The minimum atomic E-state index is -2.15. The number of aliphatic hydroxyl groups is 4. The number of likely N-dealkylation sites (N-methyl/N-ethyl adjacent to an activating group) is 1. The summed E-state index contributed by atoms with van der Waals surface area (Å²) in [5.74, 6) is -2.56. The smallest absolute Gasteiger partial charge is 0.248 e. The van der Waals surface area contributed by atoms with Gasteiger partial charge in [0.15, 0.2) is 0 Å². The number of benzene rings is 2. The first-order valence-corrected chi connectivity index (χ1v) is 14.3. The summed E-state index contributed by atoms with van der Waals surface area (Å²) in [6.07, 6.45) is -2.01. The molecule has 2 saturated heterocycles. The van der Waals surface area contributed by atoms with Gasteiger partial charge in [0.2, 0.25) is 12.1 Å². The van der Waals surface area contributed by atoms with Crippen LogP contribution in [-0.2, 0) is 27.1 Å². The number of fused-ring (bicyclic) bond motifs is 2. The predicted octanol–water partition coefficient (Wildman–Crippen LogP) is 2.29. The van der Waals surface area contributed by atoms with Crippen molar-refractivity contribution < 1.29 is 34.6 Å². The van der Waals surface area contributed by atoms with E-state index in [9.17, 15) is 20.4 Å². The maximum atomic E-state index is 11.9. The molecule has 8 heteroatoms. The molecule has 2 aliphatic heterocycles. The quantitative estimate of drug-likeness (QED) is 0.345. The fourth-order valence-corrected chi connectivity index (χ4v) is 6.77. The molecule has 39 heavy (non-hydrogen) atoms. The number of hydrogen-bond donors (Lipinski definition) is 5. The van der Waals surface area contributed by atoms with E-state index < -0.39 is 54.1 Å². The van der Waals surface area contributed by atoms with Crippen molar-refractivity contribution in [1.29, 1.82) is 0 Å². The van der Waals surface area contributed by atoms with Gasteiger partial charge in [0.05, 0.1) is 24.4 Å². The third kappa shape index (κ3) is 5.42. The number of hydrogen-bond acceptors (Lipinski definition) is 8. The molecule has 2 heterocycles. The Kier molecular flexibility index (Phi) is 8.48. The molecule has 214 valence electrons. The third-order valence-corrected chi connectivity index (χ3v) is 8.96. The summed E-state index contributed by atoms with van der Waals surface area (Å²) in [4.78, 5) is 0. The van der Waals surface area contributed by atoms with Crippen molar-refractivity contribution in [2.24, 2.45) is 5.92 Å². The first kappa shape index (κ1) is 28.6. The second-order valence-corrected chi connectivity index (χ2v) is 11.6. The van der Waals surface area contributed by atoms with E-state index in [4.69, 9.17) is 14.2 Å². The average molecular weight is 542 g/mol. The molecule has 2 aromatic carbocycles. The van der Waals surface area contributed by atoms with E-state index in [2.05, 4.69) is 41.7 Å². The molecular weight excluding hydrogens is 498 g/mol. The molecule has 2 aromatic rings. The van der Waals surface area contributed by atoms with Crippen molar-refractivity contribution in [1.82, 2.24) is 5.32 Å². The summed E-state index contributed by atoms with van der Waals surface area (Å²) < 4.78 is 18.3. The van der Waals surface area contributed by atoms with Crippen LogP contribution in [0.25, 0.3) is 0 Å². The Balaban J connectivity index is 1.28. The van der Waals surface area contributed by atoms with E-state index in [1.165, 1.54) is 11.1 Å². The number of aryl methyl sites for hydroxylation is 1. The summed E-state index contributed by atoms with van der Waals surface area (Å²) in [6, 6.07) is 18.3. The SMILES string of the molecule is CC[C@@H]1[C@H](O)[C@H](NC)C2O[C@]3(O)C(OC2[C@H]1O)O[C@H](C)C[C@@]3(O)CCCc1ccc(Cc2ccccc2)cc1. The standard InChI is InChI=1S/C31H43NO7/c1-4-23-25(33)24(32-3)27-28(26(23)34)38-29-31(36,39-27)30(35,18-19(2)37-29)16-8-11-20-12-14-22(15-13-20)17-21-9-6-5-7-10-21/h5-7,9-10,12-15,19,23-29,32-36H,4,8,11,16-18H2,1-3H3/t19-,23-,24+,25+,26+,27?,28?,29?,30+,31-/m1/s1. The summed E-state index contributed by atoms with van der Waals surface area (Å²) in [6.45, 7) is 3.73. The predicted molar refractivity (Wildman–Crippen MR) is 146 cm³/mol. The van der Waals surface area contributed by atoms with Gasteiger partial charge < -0.3 is 40.0 Å². The number of aliphatic hydroxyl groups excluding tert-OH is 2. The van der Waals surface area contributed by atoms with Crippen LogP contribution in [0.15, 0.2) is 54.6 Å². The van der Waals surface area contributed by atoms with Crippen molar-refractivity contribution in [2.45, 2.75) is 107 Å². The summed E-state index contributed by atoms with van der Waals surface area (Å²) in [5, 5.41) is 48.7. The van der Waals surface area contributed by atoms with E-state index in [0.29, 0.717) is 12.8 Å². The molecule has 8 nitrogen and oxygen atoms in total. The summed E-state index contributed by atoms with van der Waals surface area (Å²) >= 11 is 0. The highest BCUT2D eigenvalue weighted by Gasteiger charge is 2.68. The van der Waals surface area contributed by atoms with Crippen LogP contribution in [0, 0.1) is 5.92 Å². The van der Waals surface area contributed by atoms with Gasteiger partial charge in [0.1, 0.15) is 17.8 Å². The lowest BCUT2D eigenvalue weighted by Crippen LogP contribution is -2.78. The maximum absolute atomic E-state index is 11.9. The highest BCUT2D eigenvalue weighted by molar-refractivity contribution is 5.28. The molecule has 0 bridgehead atoms. The van der Waals surface area contributed by atoms with Crippen LogP contribution in [0.3, 0.4) is 0 Å². The molecule has 1 saturated carbocycles. The van der Waals surface area contributed by atoms with Crippen molar-refractivity contribution in [3.8, 4) is 0 Å². The Morgan fingerprint density at radius 3 is 2.23 bits per heavy atom. The topological polar surface area (TPSA) is 121 Å². The average Bonchev–Trinajstić information content (AvgIpc) is 2.91.